The third kappa shape index (κ3) is 2.88. The Kier molecular flexibility index (Phi) is 3.98. The third-order valence-electron chi connectivity index (χ3n) is 2.85. The number of nitrogens with one attached hydrogen (secondary N) is 3. The Balaban J connectivity index is 2.03. The molecule has 1 aliphatic rings. The summed E-state index contributed by atoms with van der Waals surface area (Å²) in [5.41, 5.74) is 1.75. The zero-order valence-corrected chi connectivity index (χ0v) is 11.5. The molecule has 0 saturated carbocycles. The van der Waals surface area contributed by atoms with E-state index in [1.54, 1.807) is 0 Å². The highest BCUT2D eigenvalue weighted by Gasteiger charge is 2.23. The zero-order chi connectivity index (χ0) is 13.1. The molecule has 96 valence electrons. The molecule has 3 N–H and O–H groups in total. The van der Waals surface area contributed by atoms with E-state index in [1.165, 1.54) is 0 Å². The molecule has 1 aromatic carbocycles. The van der Waals surface area contributed by atoms with Crippen molar-refractivity contribution >= 4 is 33.4 Å². The van der Waals surface area contributed by atoms with Crippen LogP contribution < -0.4 is 16.0 Å². The predicted molar refractivity (Wildman–Crippen MR) is 72.3 cm³/mol. The van der Waals surface area contributed by atoms with Gasteiger partial charge in [0.05, 0.1) is 6.54 Å². The van der Waals surface area contributed by atoms with Crippen LogP contribution in [0.15, 0.2) is 22.7 Å². The van der Waals surface area contributed by atoms with Gasteiger partial charge in [0.25, 0.3) is 0 Å². The molecule has 18 heavy (non-hydrogen) atoms. The van der Waals surface area contributed by atoms with Gasteiger partial charge in [-0.3, -0.25) is 14.9 Å². The molecule has 1 saturated heterocycles. The summed E-state index contributed by atoms with van der Waals surface area (Å²) in [5.74, 6) is -0.228. The molecule has 1 aliphatic heterocycles. The topological polar surface area (TPSA) is 70.2 Å². The van der Waals surface area contributed by atoms with Crippen molar-refractivity contribution in [2.24, 2.45) is 0 Å². The Morgan fingerprint density at radius 3 is 2.94 bits per heavy atom. The van der Waals surface area contributed by atoms with Gasteiger partial charge in [0.15, 0.2) is 0 Å². The van der Waals surface area contributed by atoms with E-state index < -0.39 is 0 Å². The lowest BCUT2D eigenvalue weighted by molar-refractivity contribution is -0.124. The van der Waals surface area contributed by atoms with Crippen LogP contribution in [-0.2, 0) is 9.59 Å². The van der Waals surface area contributed by atoms with Crippen LogP contribution in [0.2, 0.25) is 0 Å². The molecule has 5 nitrogen and oxygen atoms in total. The lowest BCUT2D eigenvalue weighted by Gasteiger charge is -2.23. The molecular formula is C12H14BrN3O2. The minimum absolute atomic E-state index is 0.0855. The monoisotopic (exact) mass is 311 g/mol. The lowest BCUT2D eigenvalue weighted by atomic mass is 10.1. The number of anilines is 1. The van der Waals surface area contributed by atoms with E-state index in [4.69, 9.17) is 0 Å². The first-order valence-corrected chi connectivity index (χ1v) is 6.43. The fourth-order valence-corrected chi connectivity index (χ4v) is 2.08. The van der Waals surface area contributed by atoms with E-state index in [2.05, 4.69) is 31.9 Å². The van der Waals surface area contributed by atoms with Crippen molar-refractivity contribution in [3.05, 3.63) is 28.2 Å². The number of carbonyl (C=O) groups excluding carboxylic acids is 2. The number of benzene rings is 1. The molecule has 0 radical (unpaired) electrons. The fourth-order valence-electron chi connectivity index (χ4n) is 1.71. The molecule has 2 amide bonds. The maximum absolute atomic E-state index is 12.0. The van der Waals surface area contributed by atoms with Gasteiger partial charge in [-0.2, -0.15) is 0 Å². The van der Waals surface area contributed by atoms with Gasteiger partial charge in [0, 0.05) is 16.7 Å². The molecule has 0 aliphatic carbocycles. The number of hydrogen-bond donors (Lipinski definition) is 3. The molecule has 2 rings (SSSR count). The number of carbonyl (C=O) groups is 2. The second-order valence-electron chi connectivity index (χ2n) is 4.14. The van der Waals surface area contributed by atoms with E-state index in [9.17, 15) is 9.59 Å². The van der Waals surface area contributed by atoms with Gasteiger partial charge in [-0.25, -0.2) is 0 Å². The molecule has 1 unspecified atom stereocenters. The van der Waals surface area contributed by atoms with Crippen LogP contribution in [0.25, 0.3) is 0 Å². The normalized spacial score (nSPS) is 19.2. The molecule has 0 spiro atoms. The summed E-state index contributed by atoms with van der Waals surface area (Å²) >= 11 is 3.42. The smallest absolute Gasteiger partial charge is 0.243 e. The Labute approximate surface area is 113 Å². The Morgan fingerprint density at radius 2 is 2.28 bits per heavy atom. The predicted octanol–water partition coefficient (Wildman–Crippen LogP) is 0.784. The first-order valence-electron chi connectivity index (χ1n) is 5.64. The highest BCUT2D eigenvalue weighted by Crippen LogP contribution is 2.23. The molecule has 1 fully saturated rings. The molecule has 6 heteroatoms. The fraction of sp³-hybridized carbons (Fsp3) is 0.333. The summed E-state index contributed by atoms with van der Waals surface area (Å²) in [5, 5.41) is 8.39. The SMILES string of the molecule is Cc1c(Br)cccc1NC(=O)C1CNC(=O)CN1. The second-order valence-corrected chi connectivity index (χ2v) is 4.99. The average molecular weight is 312 g/mol. The molecule has 0 aromatic heterocycles. The van der Waals surface area contributed by atoms with Crippen molar-refractivity contribution in [3.63, 3.8) is 0 Å². The lowest BCUT2D eigenvalue weighted by Crippen LogP contribution is -2.56. The summed E-state index contributed by atoms with van der Waals surface area (Å²) < 4.78 is 0.949. The molecule has 1 aromatic rings. The van der Waals surface area contributed by atoms with Crippen LogP contribution in [0.4, 0.5) is 5.69 Å². The maximum Gasteiger partial charge on any atom is 0.243 e. The largest absolute Gasteiger partial charge is 0.353 e. The van der Waals surface area contributed by atoms with Crippen molar-refractivity contribution in [1.82, 2.24) is 10.6 Å². The summed E-state index contributed by atoms with van der Waals surface area (Å²) in [6, 6.07) is 5.24. The van der Waals surface area contributed by atoms with Gasteiger partial charge in [0.1, 0.15) is 6.04 Å². The van der Waals surface area contributed by atoms with Gasteiger partial charge in [-0.1, -0.05) is 22.0 Å². The number of piperazine rings is 1. The van der Waals surface area contributed by atoms with Crippen molar-refractivity contribution in [2.75, 3.05) is 18.4 Å². The minimum Gasteiger partial charge on any atom is -0.353 e. The molecule has 0 bridgehead atoms. The highest BCUT2D eigenvalue weighted by molar-refractivity contribution is 9.10. The van der Waals surface area contributed by atoms with Crippen molar-refractivity contribution in [3.8, 4) is 0 Å². The van der Waals surface area contributed by atoms with Gasteiger partial charge < -0.3 is 10.6 Å². The van der Waals surface area contributed by atoms with Gasteiger partial charge in [-0.05, 0) is 24.6 Å². The van der Waals surface area contributed by atoms with Crippen LogP contribution in [0, 0.1) is 6.92 Å². The van der Waals surface area contributed by atoms with Crippen molar-refractivity contribution < 1.29 is 9.59 Å². The first-order chi connectivity index (χ1) is 8.58. The van der Waals surface area contributed by atoms with Crippen LogP contribution in [0.1, 0.15) is 5.56 Å². The van der Waals surface area contributed by atoms with Crippen LogP contribution in [-0.4, -0.2) is 30.9 Å². The summed E-state index contributed by atoms with van der Waals surface area (Å²) in [6.45, 7) is 2.42. The van der Waals surface area contributed by atoms with Gasteiger partial charge in [0.2, 0.25) is 11.8 Å². The molecule has 1 heterocycles. The summed E-state index contributed by atoms with van der Waals surface area (Å²) in [7, 11) is 0. The van der Waals surface area contributed by atoms with Crippen molar-refractivity contribution in [1.29, 1.82) is 0 Å². The number of rotatable bonds is 2. The zero-order valence-electron chi connectivity index (χ0n) is 9.92. The maximum atomic E-state index is 12.0. The highest BCUT2D eigenvalue weighted by atomic mass is 79.9. The number of amides is 2. The second kappa shape index (κ2) is 5.49. The first kappa shape index (κ1) is 13.0. The Bertz CT molecular complexity index is 480. The number of halogens is 1. The quantitative estimate of drug-likeness (QED) is 0.756. The standard InChI is InChI=1S/C12H14BrN3O2/c1-7-8(13)3-2-4-9(7)16-12(18)10-5-15-11(17)6-14-10/h2-4,10,14H,5-6H2,1H3,(H,15,17)(H,16,18). The summed E-state index contributed by atoms with van der Waals surface area (Å²) in [6.07, 6.45) is 0. The van der Waals surface area contributed by atoms with Crippen molar-refractivity contribution in [2.45, 2.75) is 13.0 Å². The molecular weight excluding hydrogens is 298 g/mol. The van der Waals surface area contributed by atoms with E-state index in [0.717, 1.165) is 15.7 Å². The van der Waals surface area contributed by atoms with E-state index in [-0.39, 0.29) is 24.4 Å². The van der Waals surface area contributed by atoms with Crippen LogP contribution >= 0.6 is 15.9 Å². The van der Waals surface area contributed by atoms with Gasteiger partial charge in [-0.15, -0.1) is 0 Å². The Hall–Kier alpha value is -1.40. The van der Waals surface area contributed by atoms with Gasteiger partial charge >= 0.3 is 0 Å². The minimum atomic E-state index is -0.388. The van der Waals surface area contributed by atoms with E-state index in [0.29, 0.717) is 6.54 Å². The van der Waals surface area contributed by atoms with Crippen LogP contribution in [0.5, 0.6) is 0 Å². The van der Waals surface area contributed by atoms with Crippen LogP contribution in [0.3, 0.4) is 0 Å². The Morgan fingerprint density at radius 1 is 1.50 bits per heavy atom. The number of hydrogen-bond acceptors (Lipinski definition) is 3. The molecule has 1 atom stereocenters. The summed E-state index contributed by atoms with van der Waals surface area (Å²) in [4.78, 5) is 23.0. The third-order valence-corrected chi connectivity index (χ3v) is 3.71. The van der Waals surface area contributed by atoms with E-state index >= 15 is 0 Å². The average Bonchev–Trinajstić information content (AvgIpc) is 2.36. The van der Waals surface area contributed by atoms with E-state index in [1.807, 2.05) is 25.1 Å².